The van der Waals surface area contributed by atoms with Crippen LogP contribution in [0, 0.1) is 5.92 Å². The molecule has 0 radical (unpaired) electrons. The van der Waals surface area contributed by atoms with Crippen molar-refractivity contribution in [2.75, 3.05) is 0 Å². The van der Waals surface area contributed by atoms with Gasteiger partial charge in [-0.25, -0.2) is 0 Å². The zero-order valence-electron chi connectivity index (χ0n) is 5.98. The van der Waals surface area contributed by atoms with Crippen LogP contribution in [0.2, 0.25) is 0 Å². The molecule has 0 unspecified atom stereocenters. The molecule has 0 aromatic heterocycles. The van der Waals surface area contributed by atoms with E-state index in [2.05, 4.69) is 6.58 Å². The van der Waals surface area contributed by atoms with Crippen LogP contribution in [0.4, 0.5) is 0 Å². The Bertz CT molecular complexity index is 127. The summed E-state index contributed by atoms with van der Waals surface area (Å²) >= 11 is 0. The quantitative estimate of drug-likeness (QED) is 0.566. The topological polar surface area (TPSA) is 43.1 Å². The number of rotatable bonds is 3. The Labute approximate surface area is 55.7 Å². The molecule has 2 N–H and O–H groups in total. The molecule has 0 aliphatic carbocycles. The van der Waals surface area contributed by atoms with E-state index in [1.165, 1.54) is 0 Å². The summed E-state index contributed by atoms with van der Waals surface area (Å²) in [6.07, 6.45) is 0.317. The summed E-state index contributed by atoms with van der Waals surface area (Å²) in [6.45, 7) is 7.68. The van der Waals surface area contributed by atoms with Gasteiger partial charge >= 0.3 is 0 Å². The first-order valence-electron chi connectivity index (χ1n) is 3.00. The average Bonchev–Trinajstić information content (AvgIpc) is 1.63. The second-order valence-corrected chi connectivity index (χ2v) is 2.46. The Kier molecular flexibility index (Phi) is 2.99. The molecule has 0 bridgehead atoms. The normalized spacial score (nSPS) is 9.67. The molecule has 2 heteroatoms. The van der Waals surface area contributed by atoms with Crippen molar-refractivity contribution in [3.8, 4) is 0 Å². The minimum Gasteiger partial charge on any atom is -0.369 e. The average molecular weight is 127 g/mol. The lowest BCUT2D eigenvalue weighted by Gasteiger charge is -2.04. The van der Waals surface area contributed by atoms with Crippen LogP contribution in [0.5, 0.6) is 0 Å². The zero-order valence-corrected chi connectivity index (χ0v) is 5.98. The summed E-state index contributed by atoms with van der Waals surface area (Å²) in [5.74, 6) is 0.0613. The number of primary amides is 1. The molecule has 0 rings (SSSR count). The molecular formula is C7H13NO. The first-order valence-corrected chi connectivity index (χ1v) is 3.00. The molecule has 9 heavy (non-hydrogen) atoms. The molecule has 0 aromatic carbocycles. The van der Waals surface area contributed by atoms with Gasteiger partial charge in [0.1, 0.15) is 0 Å². The van der Waals surface area contributed by atoms with E-state index < -0.39 is 0 Å². The summed E-state index contributed by atoms with van der Waals surface area (Å²) in [6, 6.07) is 0. The Morgan fingerprint density at radius 3 is 2.22 bits per heavy atom. The van der Waals surface area contributed by atoms with Crippen molar-refractivity contribution in [3.05, 3.63) is 12.2 Å². The zero-order chi connectivity index (χ0) is 7.44. The molecule has 0 fully saturated rings. The van der Waals surface area contributed by atoms with Gasteiger partial charge in [-0.2, -0.15) is 0 Å². The smallest absolute Gasteiger partial charge is 0.221 e. The molecule has 2 nitrogen and oxygen atoms in total. The highest BCUT2D eigenvalue weighted by Crippen LogP contribution is 2.09. The van der Waals surface area contributed by atoms with E-state index in [-0.39, 0.29) is 5.91 Å². The number of carbonyl (C=O) groups is 1. The summed E-state index contributed by atoms with van der Waals surface area (Å²) < 4.78 is 0. The Morgan fingerprint density at radius 2 is 2.11 bits per heavy atom. The van der Waals surface area contributed by atoms with Crippen molar-refractivity contribution in [3.63, 3.8) is 0 Å². The van der Waals surface area contributed by atoms with E-state index in [0.29, 0.717) is 12.3 Å². The van der Waals surface area contributed by atoms with Crippen LogP contribution in [-0.2, 0) is 4.79 Å². The molecule has 0 heterocycles. The number of hydrogen-bond donors (Lipinski definition) is 1. The maximum absolute atomic E-state index is 10.3. The van der Waals surface area contributed by atoms with Gasteiger partial charge in [0.25, 0.3) is 0 Å². The monoisotopic (exact) mass is 127 g/mol. The first kappa shape index (κ1) is 8.21. The van der Waals surface area contributed by atoms with Crippen molar-refractivity contribution in [2.45, 2.75) is 20.3 Å². The lowest BCUT2D eigenvalue weighted by molar-refractivity contribution is -0.117. The Balaban J connectivity index is 3.64. The van der Waals surface area contributed by atoms with E-state index in [1.54, 1.807) is 0 Å². The van der Waals surface area contributed by atoms with E-state index in [1.807, 2.05) is 13.8 Å². The second kappa shape index (κ2) is 3.28. The van der Waals surface area contributed by atoms with E-state index >= 15 is 0 Å². The lowest BCUT2D eigenvalue weighted by atomic mass is 10.0. The standard InChI is InChI=1S/C7H13NO/c1-5(2)6(3)4-7(8)9/h5H,3-4H2,1-2H3,(H2,8,9). The van der Waals surface area contributed by atoms with Crippen LogP contribution in [0.3, 0.4) is 0 Å². The lowest BCUT2D eigenvalue weighted by Crippen LogP contribution is -2.12. The van der Waals surface area contributed by atoms with E-state index in [4.69, 9.17) is 5.73 Å². The number of amides is 1. The molecule has 0 aromatic rings. The molecular weight excluding hydrogens is 114 g/mol. The Hall–Kier alpha value is -0.790. The maximum atomic E-state index is 10.3. The van der Waals surface area contributed by atoms with Crippen LogP contribution in [0.1, 0.15) is 20.3 Å². The van der Waals surface area contributed by atoms with Crippen molar-refractivity contribution in [1.29, 1.82) is 0 Å². The predicted molar refractivity (Wildman–Crippen MR) is 37.8 cm³/mol. The third kappa shape index (κ3) is 3.76. The van der Waals surface area contributed by atoms with Crippen LogP contribution in [0.25, 0.3) is 0 Å². The van der Waals surface area contributed by atoms with Gasteiger partial charge in [-0.05, 0) is 5.92 Å². The third-order valence-corrected chi connectivity index (χ3v) is 1.22. The van der Waals surface area contributed by atoms with Crippen molar-refractivity contribution in [2.24, 2.45) is 11.7 Å². The molecule has 0 saturated carbocycles. The second-order valence-electron chi connectivity index (χ2n) is 2.46. The summed E-state index contributed by atoms with van der Waals surface area (Å²) in [4.78, 5) is 10.3. The molecule has 52 valence electrons. The highest BCUT2D eigenvalue weighted by Gasteiger charge is 2.02. The van der Waals surface area contributed by atoms with E-state index in [9.17, 15) is 4.79 Å². The van der Waals surface area contributed by atoms with Gasteiger partial charge in [0.2, 0.25) is 5.91 Å². The van der Waals surface area contributed by atoms with Gasteiger partial charge < -0.3 is 5.73 Å². The van der Waals surface area contributed by atoms with E-state index in [0.717, 1.165) is 5.57 Å². The number of carbonyl (C=O) groups excluding carboxylic acids is 1. The highest BCUT2D eigenvalue weighted by molar-refractivity contribution is 5.76. The highest BCUT2D eigenvalue weighted by atomic mass is 16.1. The largest absolute Gasteiger partial charge is 0.369 e. The van der Waals surface area contributed by atoms with Crippen molar-refractivity contribution >= 4 is 5.91 Å². The van der Waals surface area contributed by atoms with Crippen molar-refractivity contribution < 1.29 is 4.79 Å². The molecule has 0 aliphatic rings. The third-order valence-electron chi connectivity index (χ3n) is 1.22. The summed E-state index contributed by atoms with van der Waals surface area (Å²) in [7, 11) is 0. The van der Waals surface area contributed by atoms with Gasteiger partial charge in [0, 0.05) is 6.42 Å². The molecule has 0 atom stereocenters. The SMILES string of the molecule is C=C(CC(N)=O)C(C)C. The van der Waals surface area contributed by atoms with Gasteiger partial charge in [-0.1, -0.05) is 26.0 Å². The predicted octanol–water partition coefficient (Wildman–Crippen LogP) is 1.07. The minimum absolute atomic E-state index is 0.297. The first-order chi connectivity index (χ1) is 4.04. The number of nitrogens with two attached hydrogens (primary N) is 1. The van der Waals surface area contributed by atoms with Crippen LogP contribution >= 0.6 is 0 Å². The van der Waals surface area contributed by atoms with Crippen LogP contribution in [0.15, 0.2) is 12.2 Å². The van der Waals surface area contributed by atoms with Gasteiger partial charge in [-0.3, -0.25) is 4.79 Å². The Morgan fingerprint density at radius 1 is 1.67 bits per heavy atom. The summed E-state index contributed by atoms with van der Waals surface area (Å²) in [5, 5.41) is 0. The molecule has 0 saturated heterocycles. The van der Waals surface area contributed by atoms with Gasteiger partial charge in [0.15, 0.2) is 0 Å². The van der Waals surface area contributed by atoms with Gasteiger partial charge in [0.05, 0.1) is 0 Å². The fraction of sp³-hybridized carbons (Fsp3) is 0.571. The fourth-order valence-electron chi connectivity index (χ4n) is 0.428. The molecule has 0 aliphatic heterocycles. The molecule has 0 spiro atoms. The minimum atomic E-state index is -0.297. The number of hydrogen-bond acceptors (Lipinski definition) is 1. The van der Waals surface area contributed by atoms with Crippen LogP contribution < -0.4 is 5.73 Å². The van der Waals surface area contributed by atoms with Crippen molar-refractivity contribution in [1.82, 2.24) is 0 Å². The van der Waals surface area contributed by atoms with Crippen LogP contribution in [-0.4, -0.2) is 5.91 Å². The molecule has 1 amide bonds. The fourth-order valence-corrected chi connectivity index (χ4v) is 0.428. The van der Waals surface area contributed by atoms with Gasteiger partial charge in [-0.15, -0.1) is 0 Å². The maximum Gasteiger partial charge on any atom is 0.221 e. The summed E-state index contributed by atoms with van der Waals surface area (Å²) in [5.41, 5.74) is 5.84.